The van der Waals surface area contributed by atoms with Crippen molar-refractivity contribution < 1.29 is 4.79 Å². The Morgan fingerprint density at radius 1 is 1.00 bits per heavy atom. The number of benzene rings is 2. The van der Waals surface area contributed by atoms with E-state index in [-0.39, 0.29) is 5.78 Å². The second kappa shape index (κ2) is 5.81. The molecular formula is C16H15ClOS. The minimum Gasteiger partial charge on any atom is -0.293 e. The first-order chi connectivity index (χ1) is 8.99. The van der Waals surface area contributed by atoms with Gasteiger partial charge in [-0.3, -0.25) is 4.79 Å². The number of halogens is 1. The molecule has 1 nitrogen and oxygen atoms in total. The molecule has 0 unspecified atom stereocenters. The molecule has 0 aliphatic carbocycles. The maximum Gasteiger partial charge on any atom is 0.178 e. The molecule has 0 aliphatic rings. The maximum atomic E-state index is 12.5. The zero-order valence-electron chi connectivity index (χ0n) is 10.9. The summed E-state index contributed by atoms with van der Waals surface area (Å²) in [6.45, 7) is 3.89. The number of carbonyl (C=O) groups excluding carboxylic acids is 1. The molecule has 0 amide bonds. The van der Waals surface area contributed by atoms with E-state index in [2.05, 4.69) is 0 Å². The third kappa shape index (κ3) is 3.62. The van der Waals surface area contributed by atoms with E-state index in [1.54, 1.807) is 11.8 Å². The Balaban J connectivity index is 2.18. The van der Waals surface area contributed by atoms with Gasteiger partial charge in [-0.25, -0.2) is 0 Å². The summed E-state index contributed by atoms with van der Waals surface area (Å²) in [4.78, 5) is 13.5. The number of Topliss-reactive ketones (excluding diaryl/α,β-unsaturated/α-hetero) is 1. The highest BCUT2D eigenvalue weighted by Crippen LogP contribution is 2.35. The van der Waals surface area contributed by atoms with E-state index in [9.17, 15) is 4.79 Å². The molecule has 98 valence electrons. The van der Waals surface area contributed by atoms with Gasteiger partial charge in [0.15, 0.2) is 5.78 Å². The van der Waals surface area contributed by atoms with Crippen molar-refractivity contribution in [1.29, 1.82) is 0 Å². The van der Waals surface area contributed by atoms with Gasteiger partial charge in [0.05, 0.1) is 4.75 Å². The molecule has 2 aromatic carbocycles. The van der Waals surface area contributed by atoms with Gasteiger partial charge in [-0.15, -0.1) is 11.8 Å². The highest BCUT2D eigenvalue weighted by molar-refractivity contribution is 8.01. The largest absolute Gasteiger partial charge is 0.293 e. The molecule has 0 spiro atoms. The van der Waals surface area contributed by atoms with Gasteiger partial charge in [0, 0.05) is 15.5 Å². The van der Waals surface area contributed by atoms with Gasteiger partial charge in [-0.05, 0) is 38.1 Å². The van der Waals surface area contributed by atoms with Gasteiger partial charge < -0.3 is 0 Å². The third-order valence-electron chi connectivity index (χ3n) is 2.77. The number of rotatable bonds is 4. The summed E-state index contributed by atoms with van der Waals surface area (Å²) < 4.78 is -0.505. The summed E-state index contributed by atoms with van der Waals surface area (Å²) in [5.74, 6) is 0.132. The molecule has 2 aromatic rings. The van der Waals surface area contributed by atoms with Crippen LogP contribution in [-0.2, 0) is 0 Å². The van der Waals surface area contributed by atoms with Crippen molar-refractivity contribution in [1.82, 2.24) is 0 Å². The quantitative estimate of drug-likeness (QED) is 0.576. The zero-order valence-corrected chi connectivity index (χ0v) is 12.5. The van der Waals surface area contributed by atoms with Crippen molar-refractivity contribution in [3.05, 3.63) is 65.2 Å². The van der Waals surface area contributed by atoms with Crippen molar-refractivity contribution in [2.75, 3.05) is 0 Å². The number of hydrogen-bond acceptors (Lipinski definition) is 2. The van der Waals surface area contributed by atoms with E-state index in [0.29, 0.717) is 5.02 Å². The summed E-state index contributed by atoms with van der Waals surface area (Å²) in [6, 6.07) is 16.9. The lowest BCUT2D eigenvalue weighted by atomic mass is 10.0. The normalized spacial score (nSPS) is 11.3. The summed E-state index contributed by atoms with van der Waals surface area (Å²) in [5, 5.41) is 0.705. The molecule has 2 rings (SSSR count). The van der Waals surface area contributed by atoms with Gasteiger partial charge >= 0.3 is 0 Å². The molecule has 19 heavy (non-hydrogen) atoms. The number of hydrogen-bond donors (Lipinski definition) is 0. The fourth-order valence-corrected chi connectivity index (χ4v) is 2.98. The van der Waals surface area contributed by atoms with E-state index in [0.717, 1.165) is 10.5 Å². The molecule has 0 aliphatic heterocycles. The molecule has 0 fully saturated rings. The Bertz CT molecular complexity index is 561. The van der Waals surface area contributed by atoms with Crippen LogP contribution in [0.25, 0.3) is 0 Å². The van der Waals surface area contributed by atoms with E-state index >= 15 is 0 Å². The lowest BCUT2D eigenvalue weighted by molar-refractivity contribution is 0.0958. The number of thioether (sulfide) groups is 1. The predicted molar refractivity (Wildman–Crippen MR) is 82.2 cm³/mol. The lowest BCUT2D eigenvalue weighted by Gasteiger charge is -2.22. The minimum absolute atomic E-state index is 0.132. The van der Waals surface area contributed by atoms with Crippen LogP contribution in [0.5, 0.6) is 0 Å². The molecule has 3 heteroatoms. The molecule has 0 N–H and O–H groups in total. The van der Waals surface area contributed by atoms with E-state index in [1.165, 1.54) is 0 Å². The van der Waals surface area contributed by atoms with Crippen LogP contribution in [0.15, 0.2) is 59.5 Å². The first-order valence-electron chi connectivity index (χ1n) is 6.03. The van der Waals surface area contributed by atoms with Crippen LogP contribution < -0.4 is 0 Å². The average Bonchev–Trinajstić information content (AvgIpc) is 2.41. The average molecular weight is 291 g/mol. The molecule has 0 radical (unpaired) electrons. The molecular weight excluding hydrogens is 276 g/mol. The Kier molecular flexibility index (Phi) is 4.33. The number of ketones is 1. The van der Waals surface area contributed by atoms with Gasteiger partial charge in [-0.2, -0.15) is 0 Å². The van der Waals surface area contributed by atoms with Crippen LogP contribution in [0.1, 0.15) is 24.2 Å². The second-order valence-corrected chi connectivity index (χ2v) is 6.89. The first-order valence-corrected chi connectivity index (χ1v) is 7.23. The molecule has 0 aromatic heterocycles. The Labute approximate surface area is 123 Å². The smallest absolute Gasteiger partial charge is 0.178 e. The first kappa shape index (κ1) is 14.2. The standard InChI is InChI=1S/C16H15ClOS/c1-16(2,15(18)12-6-4-3-5-7-12)19-14-10-8-13(17)9-11-14/h3-11H,1-2H3. The lowest BCUT2D eigenvalue weighted by Crippen LogP contribution is -2.27. The van der Waals surface area contributed by atoms with Gasteiger partial charge in [0.1, 0.15) is 0 Å². The monoisotopic (exact) mass is 290 g/mol. The van der Waals surface area contributed by atoms with Crippen molar-refractivity contribution in [3.63, 3.8) is 0 Å². The molecule has 0 saturated carbocycles. The van der Waals surface area contributed by atoms with Gasteiger partial charge in [-0.1, -0.05) is 41.9 Å². The van der Waals surface area contributed by atoms with E-state index in [1.807, 2.05) is 68.4 Å². The van der Waals surface area contributed by atoms with Gasteiger partial charge in [0.25, 0.3) is 0 Å². The Morgan fingerprint density at radius 3 is 2.16 bits per heavy atom. The van der Waals surface area contributed by atoms with Crippen molar-refractivity contribution in [2.45, 2.75) is 23.5 Å². The van der Waals surface area contributed by atoms with Gasteiger partial charge in [0.2, 0.25) is 0 Å². The highest BCUT2D eigenvalue weighted by Gasteiger charge is 2.29. The molecule has 0 heterocycles. The molecule has 0 atom stereocenters. The zero-order chi connectivity index (χ0) is 13.9. The van der Waals surface area contributed by atoms with Crippen LogP contribution in [-0.4, -0.2) is 10.5 Å². The minimum atomic E-state index is -0.505. The summed E-state index contributed by atoms with van der Waals surface area (Å²) in [6.07, 6.45) is 0. The van der Waals surface area contributed by atoms with Crippen LogP contribution in [0.4, 0.5) is 0 Å². The van der Waals surface area contributed by atoms with Crippen molar-refractivity contribution in [2.24, 2.45) is 0 Å². The maximum absolute atomic E-state index is 12.5. The highest BCUT2D eigenvalue weighted by atomic mass is 35.5. The second-order valence-electron chi connectivity index (χ2n) is 4.76. The fourth-order valence-electron chi connectivity index (χ4n) is 1.78. The van der Waals surface area contributed by atoms with E-state index in [4.69, 9.17) is 11.6 Å². The van der Waals surface area contributed by atoms with Crippen molar-refractivity contribution >= 4 is 29.1 Å². The summed E-state index contributed by atoms with van der Waals surface area (Å²) >= 11 is 7.41. The van der Waals surface area contributed by atoms with Crippen LogP contribution >= 0.6 is 23.4 Å². The predicted octanol–water partition coefficient (Wildman–Crippen LogP) is 5.09. The molecule has 0 bridgehead atoms. The van der Waals surface area contributed by atoms with Crippen LogP contribution in [0.3, 0.4) is 0 Å². The van der Waals surface area contributed by atoms with Crippen LogP contribution in [0, 0.1) is 0 Å². The van der Waals surface area contributed by atoms with E-state index < -0.39 is 4.75 Å². The van der Waals surface area contributed by atoms with Crippen molar-refractivity contribution in [3.8, 4) is 0 Å². The fraction of sp³-hybridized carbons (Fsp3) is 0.188. The third-order valence-corrected chi connectivity index (χ3v) is 4.22. The Hall–Kier alpha value is -1.25. The topological polar surface area (TPSA) is 17.1 Å². The number of carbonyl (C=O) groups is 1. The Morgan fingerprint density at radius 2 is 1.58 bits per heavy atom. The summed E-state index contributed by atoms with van der Waals surface area (Å²) in [7, 11) is 0. The SMILES string of the molecule is CC(C)(Sc1ccc(Cl)cc1)C(=O)c1ccccc1. The van der Waals surface area contributed by atoms with Crippen LogP contribution in [0.2, 0.25) is 5.02 Å². The summed E-state index contributed by atoms with van der Waals surface area (Å²) in [5.41, 5.74) is 0.744. The molecule has 0 saturated heterocycles.